The van der Waals surface area contributed by atoms with Crippen LogP contribution in [0.5, 0.6) is 0 Å². The van der Waals surface area contributed by atoms with Crippen molar-refractivity contribution in [1.82, 2.24) is 0 Å². The summed E-state index contributed by atoms with van der Waals surface area (Å²) in [4.78, 5) is 13.1. The van der Waals surface area contributed by atoms with Gasteiger partial charge in [-0.3, -0.25) is 4.79 Å². The summed E-state index contributed by atoms with van der Waals surface area (Å²) in [6, 6.07) is 8.19. The third-order valence-corrected chi connectivity index (χ3v) is 7.57. The van der Waals surface area contributed by atoms with Crippen molar-refractivity contribution < 1.29 is 4.79 Å². The van der Waals surface area contributed by atoms with Gasteiger partial charge in [0.25, 0.3) is 0 Å². The second-order valence-corrected chi connectivity index (χ2v) is 8.44. The van der Waals surface area contributed by atoms with E-state index in [1.165, 1.54) is 15.4 Å². The predicted octanol–water partition coefficient (Wildman–Crippen LogP) is 5.73. The van der Waals surface area contributed by atoms with Crippen LogP contribution in [-0.4, -0.2) is 18.3 Å². The second kappa shape index (κ2) is 6.90. The van der Waals surface area contributed by atoms with Crippen LogP contribution in [0, 0.1) is 11.3 Å². The minimum absolute atomic E-state index is 0.109. The standard InChI is InChI=1S/C20H24OS2/c1-14(19(22-2)23-3)10-11-16-13-20(16)12-6-8-15-7-4-5-9-17(15)18(20)21/h4-5,7,9-11,16H,6,8,12-13H2,1-3H3/b11-10+. The molecule has 1 aromatic carbocycles. The van der Waals surface area contributed by atoms with Gasteiger partial charge in [-0.1, -0.05) is 36.4 Å². The number of ketones is 1. The summed E-state index contributed by atoms with van der Waals surface area (Å²) in [5.74, 6) is 0.804. The lowest BCUT2D eigenvalue weighted by atomic mass is 9.89. The van der Waals surface area contributed by atoms with E-state index in [0.717, 1.165) is 31.2 Å². The number of hydrogen-bond donors (Lipinski definition) is 0. The normalized spacial score (nSPS) is 26.2. The summed E-state index contributed by atoms with van der Waals surface area (Å²) in [5, 5.41) is 0. The van der Waals surface area contributed by atoms with Crippen LogP contribution in [0.25, 0.3) is 0 Å². The Morgan fingerprint density at radius 1 is 1.26 bits per heavy atom. The molecular weight excluding hydrogens is 320 g/mol. The van der Waals surface area contributed by atoms with Gasteiger partial charge in [-0.2, -0.15) is 0 Å². The highest BCUT2D eigenvalue weighted by atomic mass is 32.2. The van der Waals surface area contributed by atoms with Crippen LogP contribution in [0.1, 0.15) is 42.1 Å². The molecule has 0 saturated heterocycles. The van der Waals surface area contributed by atoms with Gasteiger partial charge in [-0.25, -0.2) is 0 Å². The number of carbonyl (C=O) groups excluding carboxylic acids is 1. The lowest BCUT2D eigenvalue weighted by Crippen LogP contribution is -2.17. The average molecular weight is 345 g/mol. The van der Waals surface area contributed by atoms with Gasteiger partial charge in [0.15, 0.2) is 5.78 Å². The van der Waals surface area contributed by atoms with E-state index < -0.39 is 0 Å². The average Bonchev–Trinajstić information content (AvgIpc) is 3.30. The molecule has 1 fully saturated rings. The van der Waals surface area contributed by atoms with Gasteiger partial charge < -0.3 is 0 Å². The first-order chi connectivity index (χ1) is 11.1. The molecule has 2 unspecified atom stereocenters. The number of allylic oxidation sites excluding steroid dienone is 3. The summed E-state index contributed by atoms with van der Waals surface area (Å²) < 4.78 is 1.36. The molecule has 0 aromatic heterocycles. The number of fused-ring (bicyclic) bond motifs is 1. The minimum atomic E-state index is -0.109. The Hall–Kier alpha value is -0.930. The molecule has 3 heteroatoms. The Morgan fingerprint density at radius 2 is 2.00 bits per heavy atom. The first-order valence-electron chi connectivity index (χ1n) is 8.22. The zero-order valence-electron chi connectivity index (χ0n) is 14.1. The highest BCUT2D eigenvalue weighted by Crippen LogP contribution is 2.60. The van der Waals surface area contributed by atoms with Crippen LogP contribution in [0.15, 0.2) is 46.2 Å². The number of thioether (sulfide) groups is 2. The molecule has 0 radical (unpaired) electrons. The molecule has 1 saturated carbocycles. The molecule has 1 nitrogen and oxygen atoms in total. The molecule has 1 spiro atoms. The summed E-state index contributed by atoms with van der Waals surface area (Å²) in [6.45, 7) is 2.16. The smallest absolute Gasteiger partial charge is 0.169 e. The van der Waals surface area contributed by atoms with Crippen molar-refractivity contribution >= 4 is 29.3 Å². The summed E-state index contributed by atoms with van der Waals surface area (Å²) in [6.07, 6.45) is 13.0. The Bertz CT molecular complexity index is 668. The Balaban J connectivity index is 1.81. The number of Topliss-reactive ketones (excluding diaryl/α,β-unsaturated/α-hetero) is 1. The first-order valence-corrected chi connectivity index (χ1v) is 10.7. The SMILES string of the molecule is CSC(SC)=C(C)/C=C/C1CC12CCCc1ccccc1C2=O. The van der Waals surface area contributed by atoms with Crippen molar-refractivity contribution in [2.75, 3.05) is 12.5 Å². The lowest BCUT2D eigenvalue weighted by molar-refractivity contribution is 0.0887. The topological polar surface area (TPSA) is 17.1 Å². The highest BCUT2D eigenvalue weighted by molar-refractivity contribution is 8.21. The number of hydrogen-bond acceptors (Lipinski definition) is 3. The zero-order chi connectivity index (χ0) is 16.4. The van der Waals surface area contributed by atoms with Crippen molar-refractivity contribution in [1.29, 1.82) is 0 Å². The van der Waals surface area contributed by atoms with Gasteiger partial charge in [0.1, 0.15) is 0 Å². The monoisotopic (exact) mass is 344 g/mol. The van der Waals surface area contributed by atoms with Gasteiger partial charge >= 0.3 is 0 Å². The Morgan fingerprint density at radius 3 is 2.74 bits per heavy atom. The molecule has 0 aliphatic heterocycles. The zero-order valence-corrected chi connectivity index (χ0v) is 15.7. The van der Waals surface area contributed by atoms with Crippen molar-refractivity contribution in [3.05, 3.63) is 57.4 Å². The molecule has 2 aliphatic rings. The predicted molar refractivity (Wildman–Crippen MR) is 103 cm³/mol. The van der Waals surface area contributed by atoms with E-state index in [2.05, 4.69) is 43.7 Å². The van der Waals surface area contributed by atoms with Crippen LogP contribution in [0.2, 0.25) is 0 Å². The molecule has 2 aliphatic carbocycles. The van der Waals surface area contributed by atoms with Crippen LogP contribution < -0.4 is 0 Å². The van der Waals surface area contributed by atoms with E-state index in [0.29, 0.717) is 11.7 Å². The first kappa shape index (κ1) is 16.9. The van der Waals surface area contributed by atoms with Crippen LogP contribution >= 0.6 is 23.5 Å². The van der Waals surface area contributed by atoms with E-state index in [4.69, 9.17) is 0 Å². The third kappa shape index (κ3) is 3.18. The fourth-order valence-electron chi connectivity index (χ4n) is 3.80. The molecule has 23 heavy (non-hydrogen) atoms. The maximum absolute atomic E-state index is 13.1. The lowest BCUT2D eigenvalue weighted by Gasteiger charge is -2.12. The Kier molecular flexibility index (Phi) is 5.07. The second-order valence-electron chi connectivity index (χ2n) is 6.54. The van der Waals surface area contributed by atoms with Gasteiger partial charge in [-0.15, -0.1) is 23.5 Å². The Labute approximate surface area is 148 Å². The number of aryl methyl sites for hydroxylation is 1. The number of rotatable bonds is 4. The molecule has 0 bridgehead atoms. The van der Waals surface area contributed by atoms with Crippen LogP contribution in [0.3, 0.4) is 0 Å². The third-order valence-electron chi connectivity index (χ3n) is 5.19. The van der Waals surface area contributed by atoms with Gasteiger partial charge in [0.2, 0.25) is 0 Å². The maximum Gasteiger partial charge on any atom is 0.169 e. The van der Waals surface area contributed by atoms with Crippen molar-refractivity contribution in [2.45, 2.75) is 32.6 Å². The van der Waals surface area contributed by atoms with Crippen molar-refractivity contribution in [3.8, 4) is 0 Å². The van der Waals surface area contributed by atoms with E-state index in [1.807, 2.05) is 12.1 Å². The number of benzene rings is 1. The number of carbonyl (C=O) groups is 1. The van der Waals surface area contributed by atoms with E-state index in [9.17, 15) is 4.79 Å². The van der Waals surface area contributed by atoms with Crippen molar-refractivity contribution in [3.63, 3.8) is 0 Å². The molecule has 122 valence electrons. The summed E-state index contributed by atoms with van der Waals surface area (Å²) in [7, 11) is 0. The highest BCUT2D eigenvalue weighted by Gasteiger charge is 2.58. The largest absolute Gasteiger partial charge is 0.294 e. The molecule has 1 aromatic rings. The molecule has 0 N–H and O–H groups in total. The fourth-order valence-corrected chi connectivity index (χ4v) is 5.25. The van der Waals surface area contributed by atoms with Gasteiger partial charge in [0, 0.05) is 15.2 Å². The van der Waals surface area contributed by atoms with Crippen LogP contribution in [-0.2, 0) is 6.42 Å². The fraction of sp³-hybridized carbons (Fsp3) is 0.450. The quantitative estimate of drug-likeness (QED) is 0.650. The van der Waals surface area contributed by atoms with Gasteiger partial charge in [0.05, 0.1) is 0 Å². The molecule has 0 amide bonds. The minimum Gasteiger partial charge on any atom is -0.294 e. The molecular formula is C20H24OS2. The van der Waals surface area contributed by atoms with Gasteiger partial charge in [-0.05, 0) is 62.2 Å². The molecule has 2 atom stereocenters. The summed E-state index contributed by atoms with van der Waals surface area (Å²) in [5.41, 5.74) is 3.42. The van der Waals surface area contributed by atoms with E-state index in [-0.39, 0.29) is 5.41 Å². The maximum atomic E-state index is 13.1. The van der Waals surface area contributed by atoms with Crippen LogP contribution in [0.4, 0.5) is 0 Å². The van der Waals surface area contributed by atoms with Crippen molar-refractivity contribution in [2.24, 2.45) is 11.3 Å². The molecule has 0 heterocycles. The van der Waals surface area contributed by atoms with E-state index in [1.54, 1.807) is 23.5 Å². The molecule has 3 rings (SSSR count). The van der Waals surface area contributed by atoms with E-state index >= 15 is 0 Å². The summed E-state index contributed by atoms with van der Waals surface area (Å²) >= 11 is 3.59.